The Hall–Kier alpha value is -8.34. The lowest BCUT2D eigenvalue weighted by molar-refractivity contribution is 0.590. The molecule has 10 aromatic rings. The predicted octanol–water partition coefficient (Wildman–Crippen LogP) is 16.8. The van der Waals surface area contributed by atoms with Crippen LogP contribution in [0.25, 0.3) is 11.1 Å². The molecule has 0 amide bonds. The van der Waals surface area contributed by atoms with E-state index in [9.17, 15) is 0 Å². The number of benzene rings is 10. The van der Waals surface area contributed by atoms with Crippen molar-refractivity contribution in [1.29, 1.82) is 0 Å². The largest absolute Gasteiger partial charge is 0.311 e. The van der Waals surface area contributed by atoms with Crippen molar-refractivity contribution in [1.82, 2.24) is 0 Å². The summed E-state index contributed by atoms with van der Waals surface area (Å²) in [7, 11) is 0. The van der Waals surface area contributed by atoms with Crippen molar-refractivity contribution in [3.05, 3.63) is 275 Å². The second-order valence-electron chi connectivity index (χ2n) is 23.1. The number of fused-ring (bicyclic) bond motifs is 7. The molecule has 2 aliphatic heterocycles. The van der Waals surface area contributed by atoms with Gasteiger partial charge in [-0.1, -0.05) is 199 Å². The van der Waals surface area contributed by atoms with Gasteiger partial charge in [0.05, 0.1) is 5.41 Å². The fourth-order valence-electron chi connectivity index (χ4n) is 12.8. The molecule has 1 aliphatic carbocycles. The molecule has 4 heteroatoms. The quantitative estimate of drug-likeness (QED) is 0.147. The number of hydrogen-bond acceptors (Lipinski definition) is 3. The maximum absolute atomic E-state index is 2.60. The van der Waals surface area contributed by atoms with E-state index in [1.54, 1.807) is 0 Å². The van der Waals surface area contributed by atoms with E-state index in [2.05, 4.69) is 301 Å². The molecular formula is C71H62BN3. The summed E-state index contributed by atoms with van der Waals surface area (Å²) in [6.07, 6.45) is 0. The van der Waals surface area contributed by atoms with Crippen molar-refractivity contribution >= 4 is 74.3 Å². The second kappa shape index (κ2) is 17.4. The van der Waals surface area contributed by atoms with E-state index in [1.807, 2.05) is 0 Å². The first-order chi connectivity index (χ1) is 36.3. The summed E-state index contributed by atoms with van der Waals surface area (Å²) in [6, 6.07) is 87.2. The van der Waals surface area contributed by atoms with Gasteiger partial charge in [0.2, 0.25) is 0 Å². The standard InChI is InChI=1S/C71H62BN3/c1-47-42-66-68-67(43-47)75(55-37-39-58-57-29-19-20-30-59(57)71(60(58)45-55,50-23-12-9-13-24-50)51-25-14-10-15-26-51)64-41-34-52(70(6,7)8)44-62(64)72(68)61-40-38-56(46-65(61)74(66)54-35-32-49(33-36-54)69(3,4)5)73(53-27-16-11-17-28-53)63-31-21-18-22-48(63)2/h9-46H,1-8H3. The summed E-state index contributed by atoms with van der Waals surface area (Å²) in [5.74, 6) is 0. The van der Waals surface area contributed by atoms with Gasteiger partial charge in [0.25, 0.3) is 6.71 Å². The van der Waals surface area contributed by atoms with Gasteiger partial charge in [-0.2, -0.15) is 0 Å². The molecular weight excluding hydrogens is 906 g/mol. The zero-order chi connectivity index (χ0) is 51.4. The van der Waals surface area contributed by atoms with Crippen LogP contribution in [-0.2, 0) is 16.2 Å². The van der Waals surface area contributed by atoms with Crippen LogP contribution < -0.4 is 31.1 Å². The molecule has 10 aromatic carbocycles. The average Bonchev–Trinajstić information content (AvgIpc) is 3.97. The Morgan fingerprint density at radius 2 is 0.960 bits per heavy atom. The minimum atomic E-state index is -0.535. The van der Waals surface area contributed by atoms with E-state index in [-0.39, 0.29) is 17.5 Å². The molecule has 0 atom stereocenters. The maximum Gasteiger partial charge on any atom is 0.252 e. The van der Waals surface area contributed by atoms with E-state index >= 15 is 0 Å². The van der Waals surface area contributed by atoms with Gasteiger partial charge >= 0.3 is 0 Å². The van der Waals surface area contributed by atoms with E-state index < -0.39 is 5.41 Å². The summed E-state index contributed by atoms with van der Waals surface area (Å²) in [5.41, 5.74) is 26.6. The number of rotatable bonds is 7. The lowest BCUT2D eigenvalue weighted by Crippen LogP contribution is -2.61. The van der Waals surface area contributed by atoms with Crippen LogP contribution in [0, 0.1) is 13.8 Å². The number of anilines is 9. The number of hydrogen-bond donors (Lipinski definition) is 0. The van der Waals surface area contributed by atoms with Crippen molar-refractivity contribution in [3.63, 3.8) is 0 Å². The van der Waals surface area contributed by atoms with Crippen LogP contribution in [0.5, 0.6) is 0 Å². The highest BCUT2D eigenvalue weighted by Gasteiger charge is 2.48. The molecule has 0 saturated carbocycles. The number of para-hydroxylation sites is 2. The molecule has 3 aliphatic rings. The van der Waals surface area contributed by atoms with Gasteiger partial charge in [0, 0.05) is 51.2 Å². The SMILES string of the molecule is Cc1cc2c3c(c1)N(c1ccc(C(C)(C)C)cc1)c1cc(N(c4ccccc4)c4ccccc4C)ccc1B3c1cc(C(C)(C)C)ccc1N2c1ccc2c(c1)C(c1ccccc1)(c1ccccc1)c1ccccc1-2. The van der Waals surface area contributed by atoms with Crippen molar-refractivity contribution in [2.75, 3.05) is 14.7 Å². The van der Waals surface area contributed by atoms with Gasteiger partial charge in [-0.25, -0.2) is 0 Å². The normalized spacial score (nSPS) is 13.9. The molecule has 0 N–H and O–H groups in total. The van der Waals surface area contributed by atoms with Gasteiger partial charge in [0.1, 0.15) is 0 Å². The second-order valence-corrected chi connectivity index (χ2v) is 23.1. The Kier molecular flexibility index (Phi) is 10.8. The molecule has 0 fully saturated rings. The first kappa shape index (κ1) is 46.5. The zero-order valence-electron chi connectivity index (χ0n) is 44.4. The third-order valence-corrected chi connectivity index (χ3v) is 16.4. The van der Waals surface area contributed by atoms with Crippen LogP contribution >= 0.6 is 0 Å². The van der Waals surface area contributed by atoms with Crippen molar-refractivity contribution in [2.24, 2.45) is 0 Å². The Bertz CT molecular complexity index is 3790. The first-order valence-corrected chi connectivity index (χ1v) is 26.7. The highest BCUT2D eigenvalue weighted by atomic mass is 15.2. The van der Waals surface area contributed by atoms with E-state index in [0.717, 1.165) is 28.4 Å². The Labute approximate surface area is 444 Å². The minimum Gasteiger partial charge on any atom is -0.311 e. The molecule has 0 spiro atoms. The maximum atomic E-state index is 2.60. The monoisotopic (exact) mass is 968 g/mol. The molecule has 364 valence electrons. The lowest BCUT2D eigenvalue weighted by atomic mass is 9.33. The highest BCUT2D eigenvalue weighted by molar-refractivity contribution is 7.00. The topological polar surface area (TPSA) is 9.72 Å². The van der Waals surface area contributed by atoms with Crippen molar-refractivity contribution < 1.29 is 0 Å². The third kappa shape index (κ3) is 7.32. The molecule has 0 unspecified atom stereocenters. The fraction of sp³-hybridized carbons (Fsp3) is 0.155. The van der Waals surface area contributed by atoms with Crippen LogP contribution in [0.3, 0.4) is 0 Å². The first-order valence-electron chi connectivity index (χ1n) is 26.7. The van der Waals surface area contributed by atoms with Crippen LogP contribution in [-0.4, -0.2) is 6.71 Å². The molecule has 75 heavy (non-hydrogen) atoms. The van der Waals surface area contributed by atoms with E-state index in [1.165, 1.54) is 94.8 Å². The lowest BCUT2D eigenvalue weighted by Gasteiger charge is -2.45. The summed E-state index contributed by atoms with van der Waals surface area (Å²) >= 11 is 0. The van der Waals surface area contributed by atoms with Gasteiger partial charge < -0.3 is 14.7 Å². The van der Waals surface area contributed by atoms with E-state index in [4.69, 9.17) is 0 Å². The molecule has 0 saturated heterocycles. The van der Waals surface area contributed by atoms with Crippen LogP contribution in [0.4, 0.5) is 51.2 Å². The molecule has 0 radical (unpaired) electrons. The number of aryl methyl sites for hydroxylation is 2. The van der Waals surface area contributed by atoms with Gasteiger partial charge in [-0.3, -0.25) is 0 Å². The van der Waals surface area contributed by atoms with Gasteiger partial charge in [0.15, 0.2) is 0 Å². The predicted molar refractivity (Wildman–Crippen MR) is 319 cm³/mol. The summed E-state index contributed by atoms with van der Waals surface area (Å²) in [4.78, 5) is 7.60. The van der Waals surface area contributed by atoms with E-state index in [0.29, 0.717) is 0 Å². The molecule has 0 bridgehead atoms. The van der Waals surface area contributed by atoms with Crippen LogP contribution in [0.2, 0.25) is 0 Å². The van der Waals surface area contributed by atoms with Crippen LogP contribution in [0.15, 0.2) is 231 Å². The van der Waals surface area contributed by atoms with Gasteiger partial charge in [-0.15, -0.1) is 0 Å². The van der Waals surface area contributed by atoms with Gasteiger partial charge in [-0.05, 0) is 169 Å². The smallest absolute Gasteiger partial charge is 0.252 e. The number of nitrogens with zero attached hydrogens (tertiary/aromatic N) is 3. The Morgan fingerprint density at radius 3 is 1.61 bits per heavy atom. The molecule has 0 aromatic heterocycles. The summed E-state index contributed by atoms with van der Waals surface area (Å²) in [6.45, 7) is 18.4. The molecule has 13 rings (SSSR count). The summed E-state index contributed by atoms with van der Waals surface area (Å²) in [5, 5.41) is 0. The fourth-order valence-corrected chi connectivity index (χ4v) is 12.8. The average molecular weight is 968 g/mol. The van der Waals surface area contributed by atoms with Crippen LogP contribution in [0.1, 0.15) is 86.1 Å². The molecule has 3 nitrogen and oxygen atoms in total. The zero-order valence-corrected chi connectivity index (χ0v) is 44.4. The molecule has 2 heterocycles. The minimum absolute atomic E-state index is 0.00758. The van der Waals surface area contributed by atoms with Crippen molar-refractivity contribution in [3.8, 4) is 11.1 Å². The highest BCUT2D eigenvalue weighted by Crippen LogP contribution is 2.58. The Balaban J connectivity index is 1.09. The van der Waals surface area contributed by atoms with Crippen molar-refractivity contribution in [2.45, 2.75) is 71.6 Å². The third-order valence-electron chi connectivity index (χ3n) is 16.4. The summed E-state index contributed by atoms with van der Waals surface area (Å²) < 4.78 is 0. The Morgan fingerprint density at radius 1 is 0.400 bits per heavy atom.